The van der Waals surface area contributed by atoms with Crippen molar-refractivity contribution in [1.29, 1.82) is 0 Å². The Balaban J connectivity index is 0.00000220. The van der Waals surface area contributed by atoms with Crippen molar-refractivity contribution in [2.75, 3.05) is 47.5 Å². The van der Waals surface area contributed by atoms with Crippen LogP contribution in [0, 0.1) is 0 Å². The number of halogens is 1. The molecule has 1 heterocycles. The first-order chi connectivity index (χ1) is 9.72. The number of aliphatic imine (C=N–C) groups is 1. The lowest BCUT2D eigenvalue weighted by molar-refractivity contribution is 0.314. The monoisotopic (exact) mass is 407 g/mol. The van der Waals surface area contributed by atoms with E-state index in [4.69, 9.17) is 14.2 Å². The third-order valence-corrected chi connectivity index (χ3v) is 3.04. The van der Waals surface area contributed by atoms with Crippen LogP contribution in [0.4, 0.5) is 0 Å². The van der Waals surface area contributed by atoms with Crippen molar-refractivity contribution in [2.24, 2.45) is 4.99 Å². The van der Waals surface area contributed by atoms with Gasteiger partial charge in [0.15, 0.2) is 5.96 Å². The summed E-state index contributed by atoms with van der Waals surface area (Å²) in [5.41, 5.74) is 0. The van der Waals surface area contributed by atoms with E-state index in [0.717, 1.165) is 24.8 Å². The average molecular weight is 407 g/mol. The van der Waals surface area contributed by atoms with Crippen molar-refractivity contribution >= 4 is 29.9 Å². The minimum Gasteiger partial charge on any atom is -0.496 e. The van der Waals surface area contributed by atoms with Gasteiger partial charge < -0.3 is 24.4 Å². The Morgan fingerprint density at radius 2 is 1.76 bits per heavy atom. The number of hydrogen-bond acceptors (Lipinski definition) is 6. The van der Waals surface area contributed by atoms with Gasteiger partial charge in [0.1, 0.15) is 23.9 Å². The van der Waals surface area contributed by atoms with Crippen LogP contribution in [0.3, 0.4) is 0 Å². The normalized spacial score (nSPS) is 13.3. The number of rotatable bonds is 6. The molecule has 0 fully saturated rings. The number of nitrogens with one attached hydrogen (secondary N) is 1. The smallest absolute Gasteiger partial charge is 0.193 e. The number of benzene rings is 1. The van der Waals surface area contributed by atoms with Crippen LogP contribution < -0.4 is 19.5 Å². The number of hydrogen-bond donors (Lipinski definition) is 1. The second-order valence-corrected chi connectivity index (χ2v) is 4.45. The van der Waals surface area contributed by atoms with E-state index in [2.05, 4.69) is 15.2 Å². The zero-order valence-corrected chi connectivity index (χ0v) is 14.9. The Kier molecular flexibility index (Phi) is 7.41. The van der Waals surface area contributed by atoms with Crippen LogP contribution in [0.2, 0.25) is 0 Å². The van der Waals surface area contributed by atoms with Gasteiger partial charge in [-0.15, -0.1) is 24.0 Å². The Bertz CT molecular complexity index is 460. The van der Waals surface area contributed by atoms with E-state index in [1.54, 1.807) is 14.2 Å². The molecule has 0 amide bonds. The lowest BCUT2D eigenvalue weighted by atomic mass is 10.3. The van der Waals surface area contributed by atoms with Gasteiger partial charge in [0, 0.05) is 31.8 Å². The molecule has 0 saturated carbocycles. The predicted octanol–water partition coefficient (Wildman–Crippen LogP) is 1.59. The molecule has 0 aliphatic carbocycles. The quantitative estimate of drug-likeness (QED) is 0.574. The highest BCUT2D eigenvalue weighted by molar-refractivity contribution is 14.0. The SMILES string of the molecule is COc1cc(OC)cc(OCCNC2=NCCN2C)c1.I. The summed E-state index contributed by atoms with van der Waals surface area (Å²) in [6.45, 7) is 3.06. The van der Waals surface area contributed by atoms with Crippen molar-refractivity contribution < 1.29 is 14.2 Å². The minimum absolute atomic E-state index is 0. The van der Waals surface area contributed by atoms with Gasteiger partial charge in [-0.1, -0.05) is 0 Å². The third kappa shape index (κ3) is 5.14. The summed E-state index contributed by atoms with van der Waals surface area (Å²) in [4.78, 5) is 6.44. The van der Waals surface area contributed by atoms with E-state index < -0.39 is 0 Å². The Morgan fingerprint density at radius 1 is 1.14 bits per heavy atom. The van der Waals surface area contributed by atoms with E-state index in [0.29, 0.717) is 24.7 Å². The highest BCUT2D eigenvalue weighted by Gasteiger charge is 2.11. The second kappa shape index (κ2) is 8.81. The summed E-state index contributed by atoms with van der Waals surface area (Å²) in [7, 11) is 5.26. The van der Waals surface area contributed by atoms with Gasteiger partial charge in [0.05, 0.1) is 27.3 Å². The lowest BCUT2D eigenvalue weighted by Gasteiger charge is -2.15. The van der Waals surface area contributed by atoms with Gasteiger partial charge in [0.2, 0.25) is 0 Å². The van der Waals surface area contributed by atoms with Gasteiger partial charge in [-0.25, -0.2) is 0 Å². The van der Waals surface area contributed by atoms with Crippen LogP contribution in [-0.4, -0.2) is 58.4 Å². The fourth-order valence-electron chi connectivity index (χ4n) is 1.92. The molecule has 0 atom stereocenters. The molecule has 0 radical (unpaired) electrons. The van der Waals surface area contributed by atoms with E-state index in [9.17, 15) is 0 Å². The Hall–Kier alpha value is -1.38. The van der Waals surface area contributed by atoms with Gasteiger partial charge >= 0.3 is 0 Å². The standard InChI is InChI=1S/C14H21N3O3.HI/c1-17-6-4-15-14(17)16-5-7-20-13-9-11(18-2)8-12(10-13)19-3;/h8-10H,4-7H2,1-3H3,(H,15,16);1H. The Morgan fingerprint density at radius 3 is 2.29 bits per heavy atom. The maximum Gasteiger partial charge on any atom is 0.193 e. The number of ether oxygens (including phenoxy) is 3. The molecule has 0 unspecified atom stereocenters. The number of guanidine groups is 1. The first-order valence-corrected chi connectivity index (χ1v) is 6.58. The van der Waals surface area contributed by atoms with E-state index >= 15 is 0 Å². The molecule has 1 aromatic rings. The van der Waals surface area contributed by atoms with Crippen LogP contribution in [0.1, 0.15) is 0 Å². The summed E-state index contributed by atoms with van der Waals surface area (Å²) in [5, 5.41) is 3.25. The molecule has 2 rings (SSSR count). The lowest BCUT2D eigenvalue weighted by Crippen LogP contribution is -2.37. The predicted molar refractivity (Wildman–Crippen MR) is 93.4 cm³/mol. The molecule has 1 N–H and O–H groups in total. The maximum atomic E-state index is 5.69. The largest absolute Gasteiger partial charge is 0.496 e. The van der Waals surface area contributed by atoms with Gasteiger partial charge in [-0.2, -0.15) is 0 Å². The molecule has 0 spiro atoms. The van der Waals surface area contributed by atoms with Crippen LogP contribution in [-0.2, 0) is 0 Å². The summed E-state index contributed by atoms with van der Waals surface area (Å²) in [5.74, 6) is 3.08. The van der Waals surface area contributed by atoms with Gasteiger partial charge in [-0.05, 0) is 0 Å². The Labute approximate surface area is 142 Å². The van der Waals surface area contributed by atoms with E-state index in [-0.39, 0.29) is 24.0 Å². The summed E-state index contributed by atoms with van der Waals surface area (Å²) < 4.78 is 16.1. The fraction of sp³-hybridized carbons (Fsp3) is 0.500. The van der Waals surface area contributed by atoms with Crippen molar-refractivity contribution in [1.82, 2.24) is 10.2 Å². The molecular formula is C14H22IN3O3. The van der Waals surface area contributed by atoms with Crippen LogP contribution in [0.15, 0.2) is 23.2 Å². The molecule has 1 aliphatic heterocycles. The molecule has 6 nitrogen and oxygen atoms in total. The summed E-state index contributed by atoms with van der Waals surface area (Å²) in [6.07, 6.45) is 0. The van der Waals surface area contributed by atoms with E-state index in [1.165, 1.54) is 0 Å². The molecule has 1 aliphatic rings. The molecule has 0 bridgehead atoms. The van der Waals surface area contributed by atoms with Gasteiger partial charge in [-0.3, -0.25) is 4.99 Å². The first-order valence-electron chi connectivity index (χ1n) is 6.58. The summed E-state index contributed by atoms with van der Waals surface area (Å²) in [6, 6.07) is 5.48. The number of nitrogens with zero attached hydrogens (tertiary/aromatic N) is 2. The van der Waals surface area contributed by atoms with E-state index in [1.807, 2.05) is 25.2 Å². The second-order valence-electron chi connectivity index (χ2n) is 4.45. The highest BCUT2D eigenvalue weighted by atomic mass is 127. The van der Waals surface area contributed by atoms with Crippen molar-refractivity contribution in [3.63, 3.8) is 0 Å². The van der Waals surface area contributed by atoms with Crippen molar-refractivity contribution in [2.45, 2.75) is 0 Å². The average Bonchev–Trinajstić information content (AvgIpc) is 2.88. The number of methoxy groups -OCH3 is 2. The third-order valence-electron chi connectivity index (χ3n) is 3.04. The van der Waals surface area contributed by atoms with Crippen LogP contribution >= 0.6 is 24.0 Å². The maximum absolute atomic E-state index is 5.69. The molecule has 118 valence electrons. The minimum atomic E-state index is 0. The highest BCUT2D eigenvalue weighted by Crippen LogP contribution is 2.27. The first kappa shape index (κ1) is 17.7. The molecule has 0 saturated heterocycles. The topological polar surface area (TPSA) is 55.3 Å². The summed E-state index contributed by atoms with van der Waals surface area (Å²) >= 11 is 0. The molecule has 1 aromatic carbocycles. The van der Waals surface area contributed by atoms with Crippen LogP contribution in [0.25, 0.3) is 0 Å². The van der Waals surface area contributed by atoms with Crippen molar-refractivity contribution in [3.8, 4) is 17.2 Å². The molecule has 7 heteroatoms. The molecule has 0 aromatic heterocycles. The molecular weight excluding hydrogens is 385 g/mol. The molecule has 21 heavy (non-hydrogen) atoms. The zero-order valence-electron chi connectivity index (χ0n) is 12.6. The zero-order chi connectivity index (χ0) is 14.4. The number of likely N-dealkylation sites (N-methyl/N-ethyl adjacent to an activating group) is 1. The van der Waals surface area contributed by atoms with Crippen molar-refractivity contribution in [3.05, 3.63) is 18.2 Å². The van der Waals surface area contributed by atoms with Crippen LogP contribution in [0.5, 0.6) is 17.2 Å². The fourth-order valence-corrected chi connectivity index (χ4v) is 1.92. The van der Waals surface area contributed by atoms with Gasteiger partial charge in [0.25, 0.3) is 0 Å².